The third-order valence-corrected chi connectivity index (χ3v) is 2.54. The van der Waals surface area contributed by atoms with E-state index in [0.717, 1.165) is 31.9 Å². The molecule has 1 aliphatic rings. The molecule has 0 radical (unpaired) electrons. The van der Waals surface area contributed by atoms with E-state index in [-0.39, 0.29) is 10.6 Å². The van der Waals surface area contributed by atoms with Crippen LogP contribution in [0.25, 0.3) is 0 Å². The number of anilines is 1. The highest BCUT2D eigenvalue weighted by Gasteiger charge is 2.19. The fourth-order valence-electron chi connectivity index (χ4n) is 1.79. The summed E-state index contributed by atoms with van der Waals surface area (Å²) < 4.78 is 0. The van der Waals surface area contributed by atoms with Crippen LogP contribution >= 0.6 is 0 Å². The maximum Gasteiger partial charge on any atom is 0.292 e. The molecule has 1 N–H and O–H groups in total. The summed E-state index contributed by atoms with van der Waals surface area (Å²) >= 11 is 0. The number of nitrogens with zero attached hydrogens (tertiary/aromatic N) is 2. The quantitative estimate of drug-likeness (QED) is 0.631. The molecular weight excluding hydrogens is 218 g/mol. The van der Waals surface area contributed by atoms with Gasteiger partial charge in [0.25, 0.3) is 5.69 Å². The SMILES string of the molecule is CC.O=[N+]([O-])c1ccccc1N1CCNCC1. The number of nitrogens with one attached hydrogen (secondary N) is 1. The molecule has 1 aromatic rings. The minimum Gasteiger partial charge on any atom is -0.363 e. The molecule has 0 spiro atoms. The zero-order valence-electron chi connectivity index (χ0n) is 10.3. The molecule has 0 saturated carbocycles. The smallest absolute Gasteiger partial charge is 0.292 e. The van der Waals surface area contributed by atoms with Crippen LogP contribution in [-0.4, -0.2) is 31.1 Å². The van der Waals surface area contributed by atoms with E-state index in [0.29, 0.717) is 0 Å². The molecular formula is C12H19N3O2. The Kier molecular flexibility index (Phi) is 5.42. The van der Waals surface area contributed by atoms with E-state index in [4.69, 9.17) is 0 Å². The van der Waals surface area contributed by atoms with Gasteiger partial charge >= 0.3 is 0 Å². The van der Waals surface area contributed by atoms with Gasteiger partial charge in [0.1, 0.15) is 5.69 Å². The zero-order chi connectivity index (χ0) is 12.7. The summed E-state index contributed by atoms with van der Waals surface area (Å²) in [5, 5.41) is 14.0. The highest BCUT2D eigenvalue weighted by atomic mass is 16.6. The van der Waals surface area contributed by atoms with Crippen molar-refractivity contribution in [1.29, 1.82) is 0 Å². The molecule has 0 unspecified atom stereocenters. The molecule has 1 aromatic carbocycles. The van der Waals surface area contributed by atoms with Gasteiger partial charge < -0.3 is 10.2 Å². The predicted molar refractivity (Wildman–Crippen MR) is 69.5 cm³/mol. The van der Waals surface area contributed by atoms with Crippen molar-refractivity contribution in [2.45, 2.75) is 13.8 Å². The van der Waals surface area contributed by atoms with E-state index < -0.39 is 0 Å². The Balaban J connectivity index is 0.000000686. The molecule has 1 aliphatic heterocycles. The summed E-state index contributed by atoms with van der Waals surface area (Å²) in [6.45, 7) is 7.41. The normalized spacial score (nSPS) is 14.8. The molecule has 0 aliphatic carbocycles. The van der Waals surface area contributed by atoms with Crippen molar-refractivity contribution < 1.29 is 4.92 Å². The van der Waals surface area contributed by atoms with E-state index in [1.165, 1.54) is 0 Å². The van der Waals surface area contributed by atoms with Crippen LogP contribution < -0.4 is 10.2 Å². The van der Waals surface area contributed by atoms with Gasteiger partial charge in [0.05, 0.1) is 4.92 Å². The first-order valence-electron chi connectivity index (χ1n) is 5.98. The van der Waals surface area contributed by atoms with Crippen molar-refractivity contribution in [3.63, 3.8) is 0 Å². The maximum absolute atomic E-state index is 10.8. The minimum atomic E-state index is -0.322. The van der Waals surface area contributed by atoms with Crippen molar-refractivity contribution in [2.24, 2.45) is 0 Å². The minimum absolute atomic E-state index is 0.194. The van der Waals surface area contributed by atoms with Gasteiger partial charge in [-0.1, -0.05) is 26.0 Å². The van der Waals surface area contributed by atoms with E-state index in [2.05, 4.69) is 10.2 Å². The van der Waals surface area contributed by atoms with Crippen LogP contribution in [0.3, 0.4) is 0 Å². The Morgan fingerprint density at radius 3 is 2.41 bits per heavy atom. The van der Waals surface area contributed by atoms with Gasteiger partial charge in [0, 0.05) is 32.2 Å². The highest BCUT2D eigenvalue weighted by Crippen LogP contribution is 2.27. The molecule has 0 aromatic heterocycles. The third-order valence-electron chi connectivity index (χ3n) is 2.54. The van der Waals surface area contributed by atoms with Crippen LogP contribution in [0.2, 0.25) is 0 Å². The highest BCUT2D eigenvalue weighted by molar-refractivity contribution is 5.63. The Labute approximate surface area is 102 Å². The lowest BCUT2D eigenvalue weighted by molar-refractivity contribution is -0.384. The van der Waals surface area contributed by atoms with Crippen LogP contribution in [-0.2, 0) is 0 Å². The Morgan fingerprint density at radius 2 is 1.82 bits per heavy atom. The van der Waals surface area contributed by atoms with Crippen LogP contribution in [0.15, 0.2) is 24.3 Å². The monoisotopic (exact) mass is 237 g/mol. The van der Waals surface area contributed by atoms with Gasteiger partial charge in [-0.05, 0) is 6.07 Å². The Bertz CT molecular complexity index is 363. The molecule has 1 saturated heterocycles. The summed E-state index contributed by atoms with van der Waals surface area (Å²) in [4.78, 5) is 12.6. The second-order valence-electron chi connectivity index (χ2n) is 3.48. The van der Waals surface area contributed by atoms with Crippen molar-refractivity contribution in [2.75, 3.05) is 31.1 Å². The zero-order valence-corrected chi connectivity index (χ0v) is 10.3. The molecule has 17 heavy (non-hydrogen) atoms. The fourth-order valence-corrected chi connectivity index (χ4v) is 1.79. The van der Waals surface area contributed by atoms with Crippen LogP contribution in [0.4, 0.5) is 11.4 Å². The molecule has 5 heteroatoms. The van der Waals surface area contributed by atoms with Crippen LogP contribution in [0, 0.1) is 10.1 Å². The largest absolute Gasteiger partial charge is 0.363 e. The predicted octanol–water partition coefficient (Wildman–Crippen LogP) is 2.03. The Hall–Kier alpha value is -1.62. The average Bonchev–Trinajstić information content (AvgIpc) is 2.42. The lowest BCUT2D eigenvalue weighted by Crippen LogP contribution is -2.43. The topological polar surface area (TPSA) is 58.4 Å². The summed E-state index contributed by atoms with van der Waals surface area (Å²) in [7, 11) is 0. The number of hydrogen-bond acceptors (Lipinski definition) is 4. The van der Waals surface area contributed by atoms with Gasteiger partial charge in [-0.2, -0.15) is 0 Å². The second kappa shape index (κ2) is 6.85. The van der Waals surface area contributed by atoms with E-state index >= 15 is 0 Å². The number of hydrogen-bond donors (Lipinski definition) is 1. The van der Waals surface area contributed by atoms with Crippen molar-refractivity contribution >= 4 is 11.4 Å². The second-order valence-corrected chi connectivity index (χ2v) is 3.48. The molecule has 94 valence electrons. The maximum atomic E-state index is 10.8. The van der Waals surface area contributed by atoms with Gasteiger partial charge in [-0.25, -0.2) is 0 Å². The fraction of sp³-hybridized carbons (Fsp3) is 0.500. The number of nitro benzene ring substituents is 1. The van der Waals surface area contributed by atoms with Crippen molar-refractivity contribution in [1.82, 2.24) is 5.32 Å². The lowest BCUT2D eigenvalue weighted by atomic mass is 10.2. The van der Waals surface area contributed by atoms with Gasteiger partial charge in [0.2, 0.25) is 0 Å². The van der Waals surface area contributed by atoms with E-state index in [1.54, 1.807) is 12.1 Å². The van der Waals surface area contributed by atoms with Crippen molar-refractivity contribution in [3.05, 3.63) is 34.4 Å². The summed E-state index contributed by atoms with van der Waals surface area (Å²) in [5.74, 6) is 0. The first-order valence-corrected chi connectivity index (χ1v) is 5.98. The summed E-state index contributed by atoms with van der Waals surface area (Å²) in [6.07, 6.45) is 0. The van der Waals surface area contributed by atoms with E-state index in [9.17, 15) is 10.1 Å². The number of para-hydroxylation sites is 2. The summed E-state index contributed by atoms with van der Waals surface area (Å²) in [6, 6.07) is 6.90. The molecule has 1 fully saturated rings. The van der Waals surface area contributed by atoms with E-state index in [1.807, 2.05) is 26.0 Å². The average molecular weight is 237 g/mol. The molecule has 0 atom stereocenters. The Morgan fingerprint density at radius 1 is 1.24 bits per heavy atom. The third kappa shape index (κ3) is 3.42. The molecule has 0 bridgehead atoms. The first-order chi connectivity index (χ1) is 8.29. The van der Waals surface area contributed by atoms with Gasteiger partial charge in [-0.15, -0.1) is 0 Å². The van der Waals surface area contributed by atoms with Crippen LogP contribution in [0.5, 0.6) is 0 Å². The number of benzene rings is 1. The number of rotatable bonds is 2. The lowest BCUT2D eigenvalue weighted by Gasteiger charge is -2.28. The van der Waals surface area contributed by atoms with Gasteiger partial charge in [-0.3, -0.25) is 10.1 Å². The first kappa shape index (κ1) is 13.4. The number of nitro groups is 1. The molecule has 1 heterocycles. The number of piperazine rings is 1. The van der Waals surface area contributed by atoms with Crippen molar-refractivity contribution in [3.8, 4) is 0 Å². The molecule has 5 nitrogen and oxygen atoms in total. The van der Waals surface area contributed by atoms with Gasteiger partial charge in [0.15, 0.2) is 0 Å². The molecule has 0 amide bonds. The summed E-state index contributed by atoms with van der Waals surface area (Å²) in [5.41, 5.74) is 0.920. The van der Waals surface area contributed by atoms with Crippen LogP contribution in [0.1, 0.15) is 13.8 Å². The molecule has 2 rings (SSSR count). The standard InChI is InChI=1S/C10H13N3O2.C2H6/c14-13(15)10-4-2-1-3-9(10)12-7-5-11-6-8-12;1-2/h1-4,11H,5-8H2;1-2H3.